The zero-order valence-corrected chi connectivity index (χ0v) is 12.3. The molecule has 0 aliphatic carbocycles. The van der Waals surface area contributed by atoms with Crippen LogP contribution < -0.4 is 5.32 Å². The van der Waals surface area contributed by atoms with Gasteiger partial charge in [-0.25, -0.2) is 0 Å². The number of nitrogens with one attached hydrogen (secondary N) is 1. The van der Waals surface area contributed by atoms with Crippen LogP contribution in [-0.4, -0.2) is 45.8 Å². The van der Waals surface area contributed by atoms with E-state index in [9.17, 15) is 9.59 Å². The zero-order chi connectivity index (χ0) is 13.5. The number of carbonyl (C=O) groups excluding carboxylic acids is 2. The third kappa shape index (κ3) is 2.25. The fourth-order valence-electron chi connectivity index (χ4n) is 2.77. The van der Waals surface area contributed by atoms with Crippen molar-refractivity contribution in [3.63, 3.8) is 0 Å². The van der Waals surface area contributed by atoms with E-state index >= 15 is 0 Å². The normalized spacial score (nSPS) is 31.9. The van der Waals surface area contributed by atoms with Crippen molar-refractivity contribution in [3.05, 3.63) is 0 Å². The van der Waals surface area contributed by atoms with Gasteiger partial charge in [-0.3, -0.25) is 9.59 Å². The van der Waals surface area contributed by atoms with Gasteiger partial charge in [0.15, 0.2) is 0 Å². The highest BCUT2D eigenvalue weighted by atomic mass is 32.2. The van der Waals surface area contributed by atoms with Gasteiger partial charge in [-0.1, -0.05) is 13.8 Å². The number of amides is 2. The molecule has 2 unspecified atom stereocenters. The molecule has 2 fully saturated rings. The van der Waals surface area contributed by atoms with Crippen LogP contribution >= 0.6 is 11.8 Å². The molecule has 0 aromatic rings. The van der Waals surface area contributed by atoms with Crippen molar-refractivity contribution in [1.82, 2.24) is 10.2 Å². The minimum Gasteiger partial charge on any atom is -0.340 e. The summed E-state index contributed by atoms with van der Waals surface area (Å²) in [6, 6.07) is -0.0885. The van der Waals surface area contributed by atoms with E-state index in [1.165, 1.54) is 0 Å². The Labute approximate surface area is 113 Å². The third-order valence-electron chi connectivity index (χ3n) is 3.70. The standard InChI is InChI=1S/C13H22N2O2S/c1-8(2)10-11(16)14-13(3,4)12(17)15(10)9-5-6-18-7-9/h8-10H,5-7H2,1-4H3,(H,14,16). The van der Waals surface area contributed by atoms with Gasteiger partial charge < -0.3 is 10.2 Å². The van der Waals surface area contributed by atoms with E-state index in [0.717, 1.165) is 17.9 Å². The lowest BCUT2D eigenvalue weighted by atomic mass is 9.90. The molecule has 0 spiro atoms. The second kappa shape index (κ2) is 4.76. The third-order valence-corrected chi connectivity index (χ3v) is 4.85. The molecular formula is C13H22N2O2S. The summed E-state index contributed by atoms with van der Waals surface area (Å²) in [7, 11) is 0. The second-order valence-electron chi connectivity index (χ2n) is 6.03. The van der Waals surface area contributed by atoms with E-state index in [1.54, 1.807) is 13.8 Å². The molecule has 2 aliphatic rings. The summed E-state index contributed by atoms with van der Waals surface area (Å²) in [6.07, 6.45) is 1.00. The lowest BCUT2D eigenvalue weighted by Crippen LogP contribution is -2.71. The summed E-state index contributed by atoms with van der Waals surface area (Å²) >= 11 is 1.87. The van der Waals surface area contributed by atoms with Gasteiger partial charge in [0.2, 0.25) is 11.8 Å². The van der Waals surface area contributed by atoms with Gasteiger partial charge in [-0.15, -0.1) is 0 Å². The summed E-state index contributed by atoms with van der Waals surface area (Å²) in [5.74, 6) is 2.25. The molecule has 0 radical (unpaired) electrons. The molecule has 18 heavy (non-hydrogen) atoms. The Bertz CT molecular complexity index is 362. The molecule has 0 saturated carbocycles. The van der Waals surface area contributed by atoms with Crippen molar-refractivity contribution < 1.29 is 9.59 Å². The Kier molecular flexibility index (Phi) is 3.63. The highest BCUT2D eigenvalue weighted by Crippen LogP contribution is 2.31. The van der Waals surface area contributed by atoms with Crippen molar-refractivity contribution >= 4 is 23.6 Å². The van der Waals surface area contributed by atoms with Crippen LogP contribution in [0.25, 0.3) is 0 Å². The average molecular weight is 270 g/mol. The van der Waals surface area contributed by atoms with Gasteiger partial charge in [0.05, 0.1) is 0 Å². The van der Waals surface area contributed by atoms with Crippen LogP contribution in [0.5, 0.6) is 0 Å². The van der Waals surface area contributed by atoms with Crippen LogP contribution in [0, 0.1) is 5.92 Å². The average Bonchev–Trinajstić information content (AvgIpc) is 2.74. The van der Waals surface area contributed by atoms with Crippen LogP contribution in [0.4, 0.5) is 0 Å². The number of rotatable bonds is 2. The summed E-state index contributed by atoms with van der Waals surface area (Å²) < 4.78 is 0. The molecule has 5 heteroatoms. The minimum atomic E-state index is -0.768. The van der Waals surface area contributed by atoms with E-state index in [2.05, 4.69) is 5.32 Å². The Morgan fingerprint density at radius 3 is 2.56 bits per heavy atom. The fraction of sp³-hybridized carbons (Fsp3) is 0.846. The van der Waals surface area contributed by atoms with Crippen LogP contribution in [0.1, 0.15) is 34.1 Å². The van der Waals surface area contributed by atoms with Gasteiger partial charge in [0.25, 0.3) is 0 Å². The SMILES string of the molecule is CC(C)C1C(=O)NC(C)(C)C(=O)N1C1CCSC1. The summed E-state index contributed by atoms with van der Waals surface area (Å²) in [6.45, 7) is 7.59. The summed E-state index contributed by atoms with van der Waals surface area (Å²) in [4.78, 5) is 26.7. The highest BCUT2D eigenvalue weighted by molar-refractivity contribution is 7.99. The molecule has 2 rings (SSSR count). The molecule has 2 atom stereocenters. The Balaban J connectivity index is 2.33. The first-order chi connectivity index (χ1) is 8.34. The lowest BCUT2D eigenvalue weighted by molar-refractivity contribution is -0.157. The summed E-state index contributed by atoms with van der Waals surface area (Å²) in [5, 5.41) is 2.85. The van der Waals surface area contributed by atoms with Gasteiger partial charge in [-0.05, 0) is 31.9 Å². The number of nitrogens with zero attached hydrogens (tertiary/aromatic N) is 1. The first-order valence-electron chi connectivity index (χ1n) is 6.57. The van der Waals surface area contributed by atoms with E-state index in [1.807, 2.05) is 30.5 Å². The van der Waals surface area contributed by atoms with Gasteiger partial charge >= 0.3 is 0 Å². The fourth-order valence-corrected chi connectivity index (χ4v) is 3.97. The number of hydrogen-bond donors (Lipinski definition) is 1. The first-order valence-corrected chi connectivity index (χ1v) is 7.72. The maximum atomic E-state index is 12.6. The van der Waals surface area contributed by atoms with Crippen LogP contribution in [-0.2, 0) is 9.59 Å². The molecule has 2 aliphatic heterocycles. The number of carbonyl (C=O) groups is 2. The quantitative estimate of drug-likeness (QED) is 0.821. The topological polar surface area (TPSA) is 49.4 Å². The molecule has 1 N–H and O–H groups in total. The minimum absolute atomic E-state index is 0.00787. The maximum absolute atomic E-state index is 12.6. The van der Waals surface area contributed by atoms with Crippen molar-refractivity contribution in [2.45, 2.75) is 51.7 Å². The Morgan fingerprint density at radius 2 is 2.06 bits per heavy atom. The van der Waals surface area contributed by atoms with E-state index < -0.39 is 5.54 Å². The molecule has 4 nitrogen and oxygen atoms in total. The summed E-state index contributed by atoms with van der Waals surface area (Å²) in [5.41, 5.74) is -0.768. The molecule has 102 valence electrons. The molecule has 2 amide bonds. The van der Waals surface area contributed by atoms with Crippen molar-refractivity contribution in [3.8, 4) is 0 Å². The molecule has 0 aromatic heterocycles. The van der Waals surface area contributed by atoms with E-state index in [-0.39, 0.29) is 29.8 Å². The first kappa shape index (κ1) is 13.7. The largest absolute Gasteiger partial charge is 0.340 e. The van der Waals surface area contributed by atoms with E-state index in [0.29, 0.717) is 0 Å². The van der Waals surface area contributed by atoms with Crippen molar-refractivity contribution in [1.29, 1.82) is 0 Å². The molecular weight excluding hydrogens is 248 g/mol. The van der Waals surface area contributed by atoms with Crippen LogP contribution in [0.15, 0.2) is 0 Å². The highest BCUT2D eigenvalue weighted by Gasteiger charge is 2.49. The van der Waals surface area contributed by atoms with Crippen LogP contribution in [0.2, 0.25) is 0 Å². The predicted molar refractivity (Wildman–Crippen MR) is 73.4 cm³/mol. The van der Waals surface area contributed by atoms with Gasteiger partial charge in [0, 0.05) is 11.8 Å². The number of thioether (sulfide) groups is 1. The van der Waals surface area contributed by atoms with Crippen LogP contribution in [0.3, 0.4) is 0 Å². The monoisotopic (exact) mass is 270 g/mol. The van der Waals surface area contributed by atoms with Crippen molar-refractivity contribution in [2.75, 3.05) is 11.5 Å². The molecule has 0 bridgehead atoms. The van der Waals surface area contributed by atoms with Gasteiger partial charge in [-0.2, -0.15) is 11.8 Å². The zero-order valence-electron chi connectivity index (χ0n) is 11.5. The van der Waals surface area contributed by atoms with E-state index in [4.69, 9.17) is 0 Å². The Morgan fingerprint density at radius 1 is 1.39 bits per heavy atom. The second-order valence-corrected chi connectivity index (χ2v) is 7.18. The Hall–Kier alpha value is -0.710. The smallest absolute Gasteiger partial charge is 0.248 e. The maximum Gasteiger partial charge on any atom is 0.248 e. The predicted octanol–water partition coefficient (Wildman–Crippen LogP) is 1.25. The molecule has 0 aromatic carbocycles. The lowest BCUT2D eigenvalue weighted by Gasteiger charge is -2.47. The number of piperazine rings is 1. The van der Waals surface area contributed by atoms with Gasteiger partial charge in [0.1, 0.15) is 11.6 Å². The number of hydrogen-bond acceptors (Lipinski definition) is 3. The molecule has 2 saturated heterocycles. The molecule has 2 heterocycles. The van der Waals surface area contributed by atoms with Crippen molar-refractivity contribution in [2.24, 2.45) is 5.92 Å².